The molecule has 0 saturated heterocycles. The van der Waals surface area contributed by atoms with Crippen molar-refractivity contribution in [2.45, 2.75) is 13.0 Å². The van der Waals surface area contributed by atoms with Gasteiger partial charge in [0, 0.05) is 23.6 Å². The average Bonchev–Trinajstić information content (AvgIpc) is 2.99. The quantitative estimate of drug-likeness (QED) is 0.656. The highest BCUT2D eigenvalue weighted by Crippen LogP contribution is 2.32. The summed E-state index contributed by atoms with van der Waals surface area (Å²) < 4.78 is 5.27. The van der Waals surface area contributed by atoms with Gasteiger partial charge in [0.15, 0.2) is 0 Å². The van der Waals surface area contributed by atoms with Gasteiger partial charge in [-0.05, 0) is 30.5 Å². The first-order valence-electron chi connectivity index (χ1n) is 6.33. The van der Waals surface area contributed by atoms with Crippen molar-refractivity contribution in [3.05, 3.63) is 46.2 Å². The highest BCUT2D eigenvalue weighted by molar-refractivity contribution is 7.10. The number of rotatable bonds is 5. The van der Waals surface area contributed by atoms with Gasteiger partial charge in [-0.1, -0.05) is 6.07 Å². The first-order chi connectivity index (χ1) is 9.54. The van der Waals surface area contributed by atoms with E-state index in [9.17, 15) is 0 Å². The topological polar surface area (TPSA) is 62.3 Å². The zero-order valence-corrected chi connectivity index (χ0v) is 12.7. The summed E-state index contributed by atoms with van der Waals surface area (Å²) in [5, 5.41) is 9.79. The fraction of sp³-hybridized carbons (Fsp3) is 0.267. The number of ether oxygens (including phenoxy) is 1. The predicted molar refractivity (Wildman–Crippen MR) is 85.1 cm³/mol. The number of benzene rings is 1. The number of nitrogens with zero attached hydrogens (tertiary/aromatic N) is 1. The molecule has 0 aliphatic carbocycles. The molecule has 1 aromatic carbocycles. The van der Waals surface area contributed by atoms with E-state index in [1.807, 2.05) is 31.3 Å². The van der Waals surface area contributed by atoms with Gasteiger partial charge in [-0.3, -0.25) is 5.41 Å². The van der Waals surface area contributed by atoms with Crippen LogP contribution in [-0.4, -0.2) is 20.0 Å². The van der Waals surface area contributed by atoms with E-state index in [2.05, 4.69) is 23.3 Å². The van der Waals surface area contributed by atoms with Crippen molar-refractivity contribution in [2.24, 2.45) is 5.73 Å². The standard InChI is InChI=1S/C15H19N3OS/c1-10(14-5-4-8-20-14)18(2)13-9-11(19-3)6-7-12(13)15(16)17/h4-10H,1-3H3,(H3,16,17). The minimum Gasteiger partial charge on any atom is -0.497 e. The molecule has 0 aliphatic rings. The molecule has 0 radical (unpaired) electrons. The number of amidine groups is 1. The Kier molecular flexibility index (Phi) is 4.29. The van der Waals surface area contributed by atoms with E-state index in [1.165, 1.54) is 4.88 Å². The second-order valence-electron chi connectivity index (χ2n) is 4.60. The van der Waals surface area contributed by atoms with Crippen LogP contribution in [0.25, 0.3) is 0 Å². The summed E-state index contributed by atoms with van der Waals surface area (Å²) in [5.74, 6) is 0.822. The minimum absolute atomic E-state index is 0.0629. The fourth-order valence-electron chi connectivity index (χ4n) is 2.09. The third-order valence-electron chi connectivity index (χ3n) is 3.41. The summed E-state index contributed by atoms with van der Waals surface area (Å²) in [5.41, 5.74) is 7.30. The van der Waals surface area contributed by atoms with E-state index in [4.69, 9.17) is 15.9 Å². The Morgan fingerprint density at radius 2 is 2.15 bits per heavy atom. The van der Waals surface area contributed by atoms with Crippen molar-refractivity contribution < 1.29 is 4.74 Å². The number of nitrogens with two attached hydrogens (primary N) is 1. The number of nitrogen functional groups attached to an aromatic ring is 1. The van der Waals surface area contributed by atoms with Crippen LogP contribution in [0.1, 0.15) is 23.4 Å². The van der Waals surface area contributed by atoms with Crippen molar-refractivity contribution in [3.8, 4) is 5.75 Å². The van der Waals surface area contributed by atoms with Crippen molar-refractivity contribution >= 4 is 22.9 Å². The van der Waals surface area contributed by atoms with Crippen molar-refractivity contribution in [3.63, 3.8) is 0 Å². The van der Waals surface area contributed by atoms with Crippen molar-refractivity contribution in [1.29, 1.82) is 5.41 Å². The van der Waals surface area contributed by atoms with Gasteiger partial charge >= 0.3 is 0 Å². The lowest BCUT2D eigenvalue weighted by atomic mass is 10.1. The molecule has 0 fully saturated rings. The highest BCUT2D eigenvalue weighted by Gasteiger charge is 2.18. The number of nitrogens with one attached hydrogen (secondary N) is 1. The second-order valence-corrected chi connectivity index (χ2v) is 5.58. The maximum Gasteiger partial charge on any atom is 0.124 e. The molecule has 106 valence electrons. The first-order valence-corrected chi connectivity index (χ1v) is 7.21. The van der Waals surface area contributed by atoms with E-state index < -0.39 is 0 Å². The number of methoxy groups -OCH3 is 1. The molecular formula is C15H19N3OS. The van der Waals surface area contributed by atoms with Gasteiger partial charge in [0.2, 0.25) is 0 Å². The lowest BCUT2D eigenvalue weighted by molar-refractivity contribution is 0.414. The van der Waals surface area contributed by atoms with Gasteiger partial charge < -0.3 is 15.4 Å². The van der Waals surface area contributed by atoms with E-state index in [-0.39, 0.29) is 11.9 Å². The molecule has 1 atom stereocenters. The van der Waals surface area contributed by atoms with Crippen LogP contribution >= 0.6 is 11.3 Å². The Hall–Kier alpha value is -2.01. The molecule has 3 N–H and O–H groups in total. The van der Waals surface area contributed by atoms with Gasteiger partial charge in [0.05, 0.1) is 18.8 Å². The summed E-state index contributed by atoms with van der Waals surface area (Å²) in [7, 11) is 3.64. The Balaban J connectivity index is 2.41. The number of thiophene rings is 1. The summed E-state index contributed by atoms with van der Waals surface area (Å²) >= 11 is 1.72. The molecule has 0 aliphatic heterocycles. The lowest BCUT2D eigenvalue weighted by Gasteiger charge is -2.28. The molecule has 0 saturated carbocycles. The molecule has 20 heavy (non-hydrogen) atoms. The molecule has 1 heterocycles. The van der Waals surface area contributed by atoms with Crippen LogP contribution in [0.15, 0.2) is 35.7 Å². The van der Waals surface area contributed by atoms with E-state index in [0.717, 1.165) is 17.0 Å². The van der Waals surface area contributed by atoms with Crippen LogP contribution in [0.2, 0.25) is 0 Å². The molecule has 1 unspecified atom stereocenters. The molecule has 0 spiro atoms. The van der Waals surface area contributed by atoms with Gasteiger partial charge in [0.1, 0.15) is 11.6 Å². The van der Waals surface area contributed by atoms with Crippen LogP contribution < -0.4 is 15.4 Å². The van der Waals surface area contributed by atoms with Gasteiger partial charge in [-0.15, -0.1) is 11.3 Å². The monoisotopic (exact) mass is 289 g/mol. The Morgan fingerprint density at radius 3 is 2.70 bits per heavy atom. The van der Waals surface area contributed by atoms with Crippen LogP contribution in [0, 0.1) is 5.41 Å². The van der Waals surface area contributed by atoms with Crippen LogP contribution in [0.4, 0.5) is 5.69 Å². The molecule has 1 aromatic heterocycles. The summed E-state index contributed by atoms with van der Waals surface area (Å²) in [4.78, 5) is 3.38. The van der Waals surface area contributed by atoms with E-state index in [1.54, 1.807) is 18.4 Å². The molecule has 5 heteroatoms. The van der Waals surface area contributed by atoms with Crippen LogP contribution in [0.5, 0.6) is 5.75 Å². The third kappa shape index (κ3) is 2.77. The highest BCUT2D eigenvalue weighted by atomic mass is 32.1. The Labute approximate surface area is 123 Å². The van der Waals surface area contributed by atoms with Crippen molar-refractivity contribution in [2.75, 3.05) is 19.1 Å². The smallest absolute Gasteiger partial charge is 0.124 e. The van der Waals surface area contributed by atoms with Crippen LogP contribution in [0.3, 0.4) is 0 Å². The van der Waals surface area contributed by atoms with Gasteiger partial charge in [-0.2, -0.15) is 0 Å². The summed E-state index contributed by atoms with van der Waals surface area (Å²) in [6.45, 7) is 2.13. The third-order valence-corrected chi connectivity index (χ3v) is 4.45. The number of hydrogen-bond acceptors (Lipinski definition) is 4. The maximum atomic E-state index is 7.73. The lowest BCUT2D eigenvalue weighted by Crippen LogP contribution is -2.25. The maximum absolute atomic E-state index is 7.73. The Morgan fingerprint density at radius 1 is 1.40 bits per heavy atom. The molecule has 4 nitrogen and oxygen atoms in total. The zero-order chi connectivity index (χ0) is 14.7. The van der Waals surface area contributed by atoms with Crippen LogP contribution in [-0.2, 0) is 0 Å². The fourth-order valence-corrected chi connectivity index (χ4v) is 2.91. The molecule has 0 bridgehead atoms. The average molecular weight is 289 g/mol. The summed E-state index contributed by atoms with van der Waals surface area (Å²) in [6.07, 6.45) is 0. The summed E-state index contributed by atoms with van der Waals surface area (Å²) in [6, 6.07) is 9.93. The van der Waals surface area contributed by atoms with Gasteiger partial charge in [-0.25, -0.2) is 0 Å². The molecule has 2 rings (SSSR count). The second kappa shape index (κ2) is 5.96. The SMILES string of the molecule is COc1ccc(C(=N)N)c(N(C)C(C)c2cccs2)c1. The largest absolute Gasteiger partial charge is 0.497 e. The molecule has 0 amide bonds. The van der Waals surface area contributed by atoms with Crippen molar-refractivity contribution in [1.82, 2.24) is 0 Å². The van der Waals surface area contributed by atoms with E-state index >= 15 is 0 Å². The van der Waals surface area contributed by atoms with Gasteiger partial charge in [0.25, 0.3) is 0 Å². The normalized spacial score (nSPS) is 11.9. The molecule has 2 aromatic rings. The number of hydrogen-bond donors (Lipinski definition) is 2. The molecular weight excluding hydrogens is 270 g/mol. The number of anilines is 1. The zero-order valence-electron chi connectivity index (χ0n) is 11.9. The minimum atomic E-state index is 0.0629. The first kappa shape index (κ1) is 14.4. The predicted octanol–water partition coefficient (Wildman–Crippen LogP) is 3.24. The van der Waals surface area contributed by atoms with E-state index in [0.29, 0.717) is 0 Å². The Bertz CT molecular complexity index is 595.